The summed E-state index contributed by atoms with van der Waals surface area (Å²) in [6.07, 6.45) is -0.433. The first kappa shape index (κ1) is 15.9. The van der Waals surface area contributed by atoms with E-state index in [4.69, 9.17) is 19.9 Å². The maximum absolute atomic E-state index is 5.91. The molecular weight excluding hydrogens is 334 g/mol. The van der Waals surface area contributed by atoms with Gasteiger partial charge in [-0.3, -0.25) is 0 Å². The van der Waals surface area contributed by atoms with Crippen molar-refractivity contribution in [2.75, 3.05) is 17.8 Å². The number of hydrogen-bond donors (Lipinski definition) is 2. The summed E-state index contributed by atoms with van der Waals surface area (Å²) in [6.45, 7) is 2.05. The van der Waals surface area contributed by atoms with Gasteiger partial charge in [0.2, 0.25) is 18.7 Å². The molecule has 1 atom stereocenters. The molecule has 2 aromatic carbocycles. The minimum absolute atomic E-state index is 0.120. The smallest absolute Gasteiger partial charge is 0.232 e. The number of benzene rings is 2. The van der Waals surface area contributed by atoms with Crippen molar-refractivity contribution >= 4 is 17.6 Å². The van der Waals surface area contributed by atoms with Crippen molar-refractivity contribution < 1.29 is 14.2 Å². The Labute approximate surface area is 150 Å². The molecule has 3 N–H and O–H groups in total. The second-order valence-corrected chi connectivity index (χ2v) is 5.64. The van der Waals surface area contributed by atoms with Crippen LogP contribution in [0.3, 0.4) is 0 Å². The minimum Gasteiger partial charge on any atom is -0.483 e. The zero-order chi connectivity index (χ0) is 17.9. The fourth-order valence-corrected chi connectivity index (χ4v) is 2.50. The van der Waals surface area contributed by atoms with E-state index in [2.05, 4.69) is 20.3 Å². The summed E-state index contributed by atoms with van der Waals surface area (Å²) in [4.78, 5) is 12.7. The zero-order valence-corrected chi connectivity index (χ0v) is 14.0. The van der Waals surface area contributed by atoms with E-state index in [0.29, 0.717) is 29.0 Å². The molecule has 1 unspecified atom stereocenters. The van der Waals surface area contributed by atoms with Crippen LogP contribution in [0.4, 0.5) is 17.6 Å². The van der Waals surface area contributed by atoms with Crippen LogP contribution < -0.4 is 25.3 Å². The number of para-hydroxylation sites is 1. The molecule has 0 amide bonds. The van der Waals surface area contributed by atoms with Gasteiger partial charge in [-0.2, -0.15) is 15.0 Å². The number of aromatic nitrogens is 3. The summed E-state index contributed by atoms with van der Waals surface area (Å²) in [5.41, 5.74) is 6.68. The number of rotatable bonds is 5. The molecule has 2 heterocycles. The van der Waals surface area contributed by atoms with E-state index >= 15 is 0 Å². The summed E-state index contributed by atoms with van der Waals surface area (Å²) < 4.78 is 16.6. The Morgan fingerprint density at radius 1 is 1.04 bits per heavy atom. The van der Waals surface area contributed by atoms with Crippen LogP contribution in [0, 0.1) is 0 Å². The third-order valence-electron chi connectivity index (χ3n) is 3.72. The maximum Gasteiger partial charge on any atom is 0.232 e. The number of nitrogens with one attached hydrogen (secondary N) is 1. The highest BCUT2D eigenvalue weighted by Crippen LogP contribution is 2.36. The van der Waals surface area contributed by atoms with E-state index in [1.807, 2.05) is 37.3 Å². The number of ether oxygens (including phenoxy) is 3. The highest BCUT2D eigenvalue weighted by molar-refractivity contribution is 5.53. The Hall–Kier alpha value is -3.55. The van der Waals surface area contributed by atoms with E-state index < -0.39 is 6.10 Å². The SMILES string of the molecule is CC(Oc1ccc2c(c1)OCO2)c1nc(N)nc(Nc2ccccc2)n1. The van der Waals surface area contributed by atoms with Crippen LogP contribution >= 0.6 is 0 Å². The third kappa shape index (κ3) is 3.44. The Morgan fingerprint density at radius 3 is 2.69 bits per heavy atom. The van der Waals surface area contributed by atoms with Gasteiger partial charge in [-0.15, -0.1) is 0 Å². The van der Waals surface area contributed by atoms with Crippen molar-refractivity contribution in [3.8, 4) is 17.2 Å². The third-order valence-corrected chi connectivity index (χ3v) is 3.72. The monoisotopic (exact) mass is 351 g/mol. The Kier molecular flexibility index (Phi) is 4.14. The topological polar surface area (TPSA) is 104 Å². The first-order valence-corrected chi connectivity index (χ1v) is 8.07. The van der Waals surface area contributed by atoms with Crippen molar-refractivity contribution in [3.63, 3.8) is 0 Å². The number of nitrogen functional groups attached to an aromatic ring is 1. The molecule has 0 radical (unpaired) electrons. The fourth-order valence-electron chi connectivity index (χ4n) is 2.50. The molecule has 1 aliphatic heterocycles. The van der Waals surface area contributed by atoms with E-state index in [-0.39, 0.29) is 12.7 Å². The van der Waals surface area contributed by atoms with Crippen molar-refractivity contribution in [2.45, 2.75) is 13.0 Å². The van der Waals surface area contributed by atoms with Gasteiger partial charge in [0.05, 0.1) is 0 Å². The van der Waals surface area contributed by atoms with Crippen LogP contribution in [0.5, 0.6) is 17.2 Å². The highest BCUT2D eigenvalue weighted by Gasteiger charge is 2.17. The van der Waals surface area contributed by atoms with Crippen LogP contribution in [-0.2, 0) is 0 Å². The summed E-state index contributed by atoms with van der Waals surface area (Å²) in [7, 11) is 0. The van der Waals surface area contributed by atoms with Crippen molar-refractivity contribution in [3.05, 3.63) is 54.4 Å². The van der Waals surface area contributed by atoms with E-state index in [0.717, 1.165) is 5.69 Å². The predicted molar refractivity (Wildman–Crippen MR) is 95.6 cm³/mol. The number of anilines is 3. The Bertz CT molecular complexity index is 920. The Morgan fingerprint density at radius 2 is 1.85 bits per heavy atom. The van der Waals surface area contributed by atoms with Gasteiger partial charge in [0.15, 0.2) is 23.4 Å². The molecule has 8 nitrogen and oxygen atoms in total. The number of fused-ring (bicyclic) bond motifs is 1. The van der Waals surface area contributed by atoms with Gasteiger partial charge in [0.25, 0.3) is 0 Å². The molecule has 0 saturated carbocycles. The first-order valence-electron chi connectivity index (χ1n) is 8.07. The molecule has 4 rings (SSSR count). The van der Waals surface area contributed by atoms with Gasteiger partial charge >= 0.3 is 0 Å². The number of hydrogen-bond acceptors (Lipinski definition) is 8. The number of nitrogens with zero attached hydrogens (tertiary/aromatic N) is 3. The standard InChI is InChI=1S/C18H17N5O3/c1-11(26-13-7-8-14-15(9-13)25-10-24-14)16-21-17(19)23-18(22-16)20-12-5-3-2-4-6-12/h2-9,11H,10H2,1H3,(H3,19,20,21,22,23). The quantitative estimate of drug-likeness (QED) is 0.723. The van der Waals surface area contributed by atoms with E-state index in [9.17, 15) is 0 Å². The lowest BCUT2D eigenvalue weighted by molar-refractivity contribution is 0.173. The molecule has 1 aliphatic rings. The Balaban J connectivity index is 1.53. The lowest BCUT2D eigenvalue weighted by Gasteiger charge is -2.15. The molecule has 0 bridgehead atoms. The normalized spacial score (nSPS) is 13.3. The lowest BCUT2D eigenvalue weighted by atomic mass is 10.3. The highest BCUT2D eigenvalue weighted by atomic mass is 16.7. The average Bonchev–Trinajstić information content (AvgIpc) is 3.10. The molecule has 0 spiro atoms. The molecule has 26 heavy (non-hydrogen) atoms. The molecule has 132 valence electrons. The molecule has 0 fully saturated rings. The zero-order valence-electron chi connectivity index (χ0n) is 14.0. The molecular formula is C18H17N5O3. The fraction of sp³-hybridized carbons (Fsp3) is 0.167. The average molecular weight is 351 g/mol. The summed E-state index contributed by atoms with van der Waals surface area (Å²) >= 11 is 0. The summed E-state index contributed by atoms with van der Waals surface area (Å²) in [6, 6.07) is 15.0. The molecule has 1 aromatic heterocycles. The molecule has 0 aliphatic carbocycles. The van der Waals surface area contributed by atoms with Gasteiger partial charge < -0.3 is 25.3 Å². The van der Waals surface area contributed by atoms with Crippen LogP contribution in [0.1, 0.15) is 18.9 Å². The number of nitrogens with two attached hydrogens (primary N) is 1. The van der Waals surface area contributed by atoms with Gasteiger partial charge in [-0.1, -0.05) is 18.2 Å². The summed E-state index contributed by atoms with van der Waals surface area (Å²) in [5, 5.41) is 3.10. The van der Waals surface area contributed by atoms with Gasteiger partial charge in [-0.05, 0) is 31.2 Å². The minimum atomic E-state index is -0.433. The first-order chi connectivity index (χ1) is 12.7. The summed E-state index contributed by atoms with van der Waals surface area (Å²) in [5.74, 6) is 2.88. The van der Waals surface area contributed by atoms with Crippen LogP contribution in [0.25, 0.3) is 0 Å². The van der Waals surface area contributed by atoms with Crippen molar-refractivity contribution in [2.24, 2.45) is 0 Å². The van der Waals surface area contributed by atoms with Crippen LogP contribution in [0.2, 0.25) is 0 Å². The lowest BCUT2D eigenvalue weighted by Crippen LogP contribution is -2.13. The van der Waals surface area contributed by atoms with E-state index in [1.165, 1.54) is 0 Å². The van der Waals surface area contributed by atoms with Gasteiger partial charge in [0.1, 0.15) is 5.75 Å². The second-order valence-electron chi connectivity index (χ2n) is 5.64. The second kappa shape index (κ2) is 6.75. The van der Waals surface area contributed by atoms with E-state index in [1.54, 1.807) is 18.2 Å². The predicted octanol–water partition coefficient (Wildman–Crippen LogP) is 3.07. The van der Waals surface area contributed by atoms with Crippen LogP contribution in [-0.4, -0.2) is 21.7 Å². The largest absolute Gasteiger partial charge is 0.483 e. The maximum atomic E-state index is 5.91. The van der Waals surface area contributed by atoms with Gasteiger partial charge in [0, 0.05) is 11.8 Å². The molecule has 8 heteroatoms. The van der Waals surface area contributed by atoms with Gasteiger partial charge in [-0.25, -0.2) is 0 Å². The molecule has 0 saturated heterocycles. The van der Waals surface area contributed by atoms with Crippen molar-refractivity contribution in [1.29, 1.82) is 0 Å². The molecule has 3 aromatic rings. The van der Waals surface area contributed by atoms with Crippen LogP contribution in [0.15, 0.2) is 48.5 Å². The van der Waals surface area contributed by atoms with Crippen molar-refractivity contribution in [1.82, 2.24) is 15.0 Å².